The number of aryl methyl sites for hydroxylation is 8. The molecule has 9 aliphatic rings. The summed E-state index contributed by atoms with van der Waals surface area (Å²) in [6, 6.07) is 19.7. The Balaban J connectivity index is 0.000000128. The van der Waals surface area contributed by atoms with E-state index < -0.39 is 0 Å². The molecule has 4 aromatic heterocycles. The molecule has 20 heteroatoms. The first kappa shape index (κ1) is 83.3. The number of carbonyl (C=O) groups excluding carboxylic acids is 4. The number of hydrogen-bond acceptors (Lipinski definition) is 12. The molecule has 0 bridgehead atoms. The summed E-state index contributed by atoms with van der Waals surface area (Å²) >= 11 is 0. The summed E-state index contributed by atoms with van der Waals surface area (Å²) in [6.45, 7) is 9.53. The molecule has 9 aliphatic carbocycles. The van der Waals surface area contributed by atoms with E-state index in [4.69, 9.17) is 39.9 Å². The standard InChI is InChI=1S/C27H34FN3O.2C24H30FN3O.C21H24FN3O/c28-21-12-13-22-20(17-21)11-14-23-26(22)29-24(15-18-7-3-1-4-8-18)27(30-23)31-25(32)16-19-9-5-2-6-10-19;1-15(2)12-22(29)28-24-21(13-16-6-4-3-5-7-16)26-23-19-10-9-18(25)14-17(19)8-11-20(23)27-24;1-3-15(2)24(29)28-23-21(13-16-7-5-4-6-8-16)26-22-19-11-10-18(25)14-17(19)9-12-20(22)27-23;1-13(26)23-21-19(11-14-5-3-2-4-6-14)24-20-17-9-8-16(22)12-15(17)7-10-18(20)25-21/h12-13,17-19H,1-11,14-16H2,(H,30,31,32);9-10,14-16H,3-8,11-13H2,1-2H3,(H,27,28,29);10-11,14-16H,3-9,12-13H2,1-2H3,(H,27,28,29);8-9,12,14H,2-7,10-11H2,1H3,(H,23,25,26). The van der Waals surface area contributed by atoms with Gasteiger partial charge in [0, 0.05) is 47.9 Å². The quantitative estimate of drug-likeness (QED) is 0.0590. The van der Waals surface area contributed by atoms with E-state index in [2.05, 4.69) is 21.3 Å². The summed E-state index contributed by atoms with van der Waals surface area (Å²) in [5.41, 5.74) is 18.5. The first-order valence-electron chi connectivity index (χ1n) is 44.2. The van der Waals surface area contributed by atoms with Crippen LogP contribution in [0.25, 0.3) is 45.0 Å². The van der Waals surface area contributed by atoms with E-state index in [-0.39, 0.29) is 52.8 Å². The Morgan fingerprint density at radius 3 is 0.914 bits per heavy atom. The van der Waals surface area contributed by atoms with Crippen LogP contribution in [0, 0.1) is 64.7 Å². The van der Waals surface area contributed by atoms with Crippen LogP contribution in [0.3, 0.4) is 0 Å². The van der Waals surface area contributed by atoms with Crippen LogP contribution < -0.4 is 21.3 Å². The smallest absolute Gasteiger partial charge is 0.228 e. The summed E-state index contributed by atoms with van der Waals surface area (Å²) in [7, 11) is 0. The molecule has 0 radical (unpaired) electrons. The normalized spacial score (nSPS) is 17.5. The Hall–Kier alpha value is -9.20. The number of nitrogens with one attached hydrogen (secondary N) is 4. The minimum absolute atomic E-state index is 0.00238. The number of halogens is 4. The first-order valence-corrected chi connectivity index (χ1v) is 44.2. The third-order valence-corrected chi connectivity index (χ3v) is 25.7. The topological polar surface area (TPSA) is 220 Å². The van der Waals surface area contributed by atoms with Gasteiger partial charge >= 0.3 is 0 Å². The number of fused-ring (bicyclic) bond motifs is 12. The maximum Gasteiger partial charge on any atom is 0.228 e. The number of hydrogen-bond donors (Lipinski definition) is 4. The first-order chi connectivity index (χ1) is 56.3. The van der Waals surface area contributed by atoms with Gasteiger partial charge in [-0.25, -0.2) is 57.4 Å². The Morgan fingerprint density at radius 1 is 0.353 bits per heavy atom. The van der Waals surface area contributed by atoms with E-state index in [1.807, 2.05) is 45.9 Å². The second kappa shape index (κ2) is 39.4. The number of aromatic nitrogens is 8. The highest BCUT2D eigenvalue weighted by molar-refractivity contribution is 5.93. The number of amides is 4. The third kappa shape index (κ3) is 21.6. The zero-order valence-electron chi connectivity index (χ0n) is 69.0. The van der Waals surface area contributed by atoms with Gasteiger partial charge in [-0.15, -0.1) is 0 Å². The van der Waals surface area contributed by atoms with E-state index in [1.54, 1.807) is 30.3 Å². The minimum atomic E-state index is -0.211. The van der Waals surface area contributed by atoms with Crippen LogP contribution in [0.1, 0.15) is 282 Å². The Bertz CT molecular complexity index is 4820. The molecule has 1 atom stereocenters. The molecule has 0 spiro atoms. The van der Waals surface area contributed by atoms with Crippen molar-refractivity contribution in [3.8, 4) is 45.0 Å². The highest BCUT2D eigenvalue weighted by Gasteiger charge is 2.32. The van der Waals surface area contributed by atoms with Gasteiger partial charge in [-0.3, -0.25) is 19.2 Å². The van der Waals surface area contributed by atoms with E-state index in [0.717, 1.165) is 203 Å². The predicted octanol–water partition coefficient (Wildman–Crippen LogP) is 21.9. The largest absolute Gasteiger partial charge is 0.309 e. The lowest BCUT2D eigenvalue weighted by Crippen LogP contribution is -2.24. The van der Waals surface area contributed by atoms with Crippen LogP contribution in [0.5, 0.6) is 0 Å². The average Bonchev–Trinajstić information content (AvgIpc) is 0.787. The van der Waals surface area contributed by atoms with Crippen LogP contribution in [0.2, 0.25) is 0 Å². The van der Waals surface area contributed by atoms with Crippen molar-refractivity contribution in [1.29, 1.82) is 0 Å². The number of carbonyl (C=O) groups is 4. The summed E-state index contributed by atoms with van der Waals surface area (Å²) in [5, 5.41) is 12.1. The van der Waals surface area contributed by atoms with Crippen molar-refractivity contribution >= 4 is 46.9 Å². The van der Waals surface area contributed by atoms with Gasteiger partial charge < -0.3 is 21.3 Å². The molecule has 0 aliphatic heterocycles. The second-order valence-corrected chi connectivity index (χ2v) is 35.2. The van der Waals surface area contributed by atoms with Gasteiger partial charge in [0.25, 0.3) is 0 Å². The van der Waals surface area contributed by atoms with Gasteiger partial charge in [0.1, 0.15) is 23.3 Å². The Morgan fingerprint density at radius 2 is 0.629 bits per heavy atom. The maximum atomic E-state index is 13.8. The van der Waals surface area contributed by atoms with Gasteiger partial charge in [-0.2, -0.15) is 0 Å². The molecule has 4 aromatic carbocycles. The van der Waals surface area contributed by atoms with Crippen molar-refractivity contribution < 1.29 is 36.7 Å². The molecular formula is C96H118F4N12O4. The van der Waals surface area contributed by atoms with Gasteiger partial charge in [0.15, 0.2) is 23.3 Å². The van der Waals surface area contributed by atoms with Crippen LogP contribution in [-0.2, 0) is 96.2 Å². The number of benzene rings is 4. The zero-order valence-corrected chi connectivity index (χ0v) is 69.0. The fraction of sp³-hybridized carbons (Fsp3) is 0.542. The van der Waals surface area contributed by atoms with Crippen LogP contribution in [0.15, 0.2) is 72.8 Å². The minimum Gasteiger partial charge on any atom is -0.309 e. The summed E-state index contributed by atoms with van der Waals surface area (Å²) in [4.78, 5) is 89.0. The molecule has 4 heterocycles. The van der Waals surface area contributed by atoms with E-state index in [9.17, 15) is 36.7 Å². The van der Waals surface area contributed by atoms with Crippen LogP contribution >= 0.6 is 0 Å². The molecule has 1 unspecified atom stereocenters. The summed E-state index contributed by atoms with van der Waals surface area (Å²) in [5.74, 6) is 4.77. The van der Waals surface area contributed by atoms with Crippen molar-refractivity contribution in [2.24, 2.45) is 41.4 Å². The molecule has 116 heavy (non-hydrogen) atoms. The lowest BCUT2D eigenvalue weighted by molar-refractivity contribution is -0.119. The van der Waals surface area contributed by atoms with Crippen molar-refractivity contribution in [3.63, 3.8) is 0 Å². The van der Waals surface area contributed by atoms with Gasteiger partial charge in [-0.1, -0.05) is 175 Å². The summed E-state index contributed by atoms with van der Waals surface area (Å²) < 4.78 is 54.7. The highest BCUT2D eigenvalue weighted by Crippen LogP contribution is 2.42. The van der Waals surface area contributed by atoms with Crippen molar-refractivity contribution in [1.82, 2.24) is 39.9 Å². The third-order valence-electron chi connectivity index (χ3n) is 25.7. The molecule has 5 fully saturated rings. The lowest BCUT2D eigenvalue weighted by atomic mass is 9.85. The van der Waals surface area contributed by atoms with Gasteiger partial charge in [-0.05, 0) is 227 Å². The maximum absolute atomic E-state index is 13.8. The monoisotopic (exact) mass is 1580 g/mol. The highest BCUT2D eigenvalue weighted by atomic mass is 19.1. The second-order valence-electron chi connectivity index (χ2n) is 35.2. The molecule has 4 N–H and O–H groups in total. The van der Waals surface area contributed by atoms with Crippen molar-refractivity contribution in [2.75, 3.05) is 21.3 Å². The van der Waals surface area contributed by atoms with E-state index in [1.165, 1.54) is 179 Å². The number of rotatable bonds is 18. The molecule has 614 valence electrons. The lowest BCUT2D eigenvalue weighted by Gasteiger charge is -2.25. The molecule has 0 saturated heterocycles. The fourth-order valence-corrected chi connectivity index (χ4v) is 19.2. The van der Waals surface area contributed by atoms with Crippen molar-refractivity contribution in [2.45, 2.75) is 291 Å². The Labute approximate surface area is 682 Å². The fourth-order valence-electron chi connectivity index (χ4n) is 19.2. The molecule has 4 amide bonds. The number of anilines is 4. The summed E-state index contributed by atoms with van der Waals surface area (Å²) in [6.07, 6.45) is 42.3. The van der Waals surface area contributed by atoms with Crippen molar-refractivity contribution in [3.05, 3.63) is 164 Å². The van der Waals surface area contributed by atoms with Gasteiger partial charge in [0.05, 0.1) is 68.3 Å². The predicted molar refractivity (Wildman–Crippen MR) is 451 cm³/mol. The Kier molecular flexibility index (Phi) is 28.3. The van der Waals surface area contributed by atoms with E-state index in [0.29, 0.717) is 78.0 Å². The molecule has 17 rings (SSSR count). The van der Waals surface area contributed by atoms with Crippen LogP contribution in [-0.4, -0.2) is 63.5 Å². The SMILES string of the molecule is CC(=O)Nc1nc2c(nc1CC1CCCCC1)-c1ccc(F)cc1CC2.CC(C)CC(=O)Nc1nc2c(nc1CC1CCCCC1)-c1ccc(F)cc1CC2.CCC(C)C(=O)Nc1nc2c(nc1CC1CCCCC1)-c1ccc(F)cc1CC2.O=C(CC1CCCCC1)Nc1nc2c(nc1CC1CCCCC1)-c1ccc(F)cc1CC2. The van der Waals surface area contributed by atoms with Crippen LogP contribution in [0.4, 0.5) is 40.8 Å². The molecule has 8 aromatic rings. The van der Waals surface area contributed by atoms with Gasteiger partial charge in [0.2, 0.25) is 23.6 Å². The number of nitrogens with zero attached hydrogens (tertiary/aromatic N) is 8. The average molecular weight is 1580 g/mol. The molecule has 5 saturated carbocycles. The molecule has 16 nitrogen and oxygen atoms in total. The molecular weight excluding hydrogens is 1460 g/mol. The van der Waals surface area contributed by atoms with E-state index >= 15 is 0 Å². The zero-order chi connectivity index (χ0) is 80.8.